The third-order valence-corrected chi connectivity index (χ3v) is 7.24. The van der Waals surface area contributed by atoms with Crippen LogP contribution in [0.3, 0.4) is 0 Å². The van der Waals surface area contributed by atoms with Crippen molar-refractivity contribution in [3.63, 3.8) is 0 Å². The summed E-state index contributed by atoms with van der Waals surface area (Å²) in [6, 6.07) is 15.4. The van der Waals surface area contributed by atoms with Gasteiger partial charge in [-0.3, -0.25) is 9.69 Å². The van der Waals surface area contributed by atoms with E-state index in [1.807, 2.05) is 41.0 Å². The lowest BCUT2D eigenvalue weighted by atomic mass is 9.92. The predicted molar refractivity (Wildman–Crippen MR) is 154 cm³/mol. The number of halogens is 3. The van der Waals surface area contributed by atoms with Crippen LogP contribution in [0.2, 0.25) is 0 Å². The fraction of sp³-hybridized carbons (Fsp3) is 0.258. The zero-order valence-electron chi connectivity index (χ0n) is 23.1. The number of piperazine rings is 1. The SMILES string of the molecule is Cc1ccc(/C=C/C(=O)Nc2ccc(N3CCN(CC(O)(Cn4cncn4)c4ccc(F)cc4F)CC3)c(F)c2)cc1. The van der Waals surface area contributed by atoms with Crippen molar-refractivity contribution >= 4 is 23.4 Å². The van der Waals surface area contributed by atoms with Crippen LogP contribution in [-0.2, 0) is 16.9 Å². The standard InChI is InChI=1S/C31H31F3N6O2/c1-22-2-4-23(5-3-22)6-11-30(41)37-25-8-10-29(28(34)17-25)39-14-12-38(13-15-39)18-31(42,19-40-21-35-20-36-40)26-9-7-24(32)16-27(26)33/h2-11,16-17,20-21,42H,12-15,18-19H2,1H3,(H,37,41)/b11-6+. The predicted octanol–water partition coefficient (Wildman–Crippen LogP) is 4.37. The number of benzene rings is 3. The number of aryl methyl sites for hydroxylation is 1. The van der Waals surface area contributed by atoms with Gasteiger partial charge in [0.25, 0.3) is 0 Å². The summed E-state index contributed by atoms with van der Waals surface area (Å²) in [5, 5.41) is 18.3. The number of carbonyl (C=O) groups is 1. The van der Waals surface area contributed by atoms with Gasteiger partial charge < -0.3 is 15.3 Å². The van der Waals surface area contributed by atoms with Crippen molar-refractivity contribution in [1.82, 2.24) is 19.7 Å². The van der Waals surface area contributed by atoms with E-state index < -0.39 is 23.1 Å². The summed E-state index contributed by atoms with van der Waals surface area (Å²) < 4.78 is 44.8. The molecular weight excluding hydrogens is 545 g/mol. The van der Waals surface area contributed by atoms with Gasteiger partial charge in [-0.05, 0) is 42.8 Å². The summed E-state index contributed by atoms with van der Waals surface area (Å²) in [6.45, 7) is 3.78. The molecule has 8 nitrogen and oxygen atoms in total. The fourth-order valence-corrected chi connectivity index (χ4v) is 5.06. The molecule has 42 heavy (non-hydrogen) atoms. The van der Waals surface area contributed by atoms with E-state index >= 15 is 4.39 Å². The molecule has 1 unspecified atom stereocenters. The Morgan fingerprint density at radius 1 is 0.976 bits per heavy atom. The second kappa shape index (κ2) is 12.6. The number of amides is 1. The minimum atomic E-state index is -1.72. The summed E-state index contributed by atoms with van der Waals surface area (Å²) >= 11 is 0. The maximum atomic E-state index is 15.1. The molecule has 1 atom stereocenters. The average Bonchev–Trinajstić information content (AvgIpc) is 3.46. The fourth-order valence-electron chi connectivity index (χ4n) is 5.06. The van der Waals surface area contributed by atoms with Gasteiger partial charge in [0.1, 0.15) is 35.7 Å². The van der Waals surface area contributed by atoms with Crippen LogP contribution in [0.4, 0.5) is 24.5 Å². The molecule has 1 aromatic heterocycles. The van der Waals surface area contributed by atoms with E-state index in [0.717, 1.165) is 23.3 Å². The van der Waals surface area contributed by atoms with E-state index in [1.165, 1.54) is 35.5 Å². The van der Waals surface area contributed by atoms with Crippen LogP contribution in [0.1, 0.15) is 16.7 Å². The molecule has 0 aliphatic carbocycles. The van der Waals surface area contributed by atoms with Crippen molar-refractivity contribution in [2.75, 3.05) is 42.9 Å². The van der Waals surface area contributed by atoms with Crippen LogP contribution < -0.4 is 10.2 Å². The monoisotopic (exact) mass is 576 g/mol. The largest absolute Gasteiger partial charge is 0.382 e. The topological polar surface area (TPSA) is 86.5 Å². The second-order valence-corrected chi connectivity index (χ2v) is 10.4. The Hall–Kier alpha value is -4.48. The molecule has 11 heteroatoms. The van der Waals surface area contributed by atoms with Gasteiger partial charge in [-0.15, -0.1) is 0 Å². The Balaban J connectivity index is 1.21. The molecule has 0 radical (unpaired) electrons. The first-order valence-electron chi connectivity index (χ1n) is 13.5. The summed E-state index contributed by atoms with van der Waals surface area (Å²) in [4.78, 5) is 20.0. The Morgan fingerprint density at radius 3 is 2.40 bits per heavy atom. The van der Waals surface area contributed by atoms with Crippen LogP contribution in [0.5, 0.6) is 0 Å². The van der Waals surface area contributed by atoms with Crippen LogP contribution in [-0.4, -0.2) is 63.4 Å². The number of aromatic nitrogens is 3. The van der Waals surface area contributed by atoms with Crippen molar-refractivity contribution in [3.05, 3.63) is 114 Å². The van der Waals surface area contributed by atoms with Gasteiger partial charge in [-0.25, -0.2) is 22.8 Å². The Bertz CT molecular complexity index is 1550. The molecular formula is C31H31F3N6O2. The number of anilines is 2. The number of hydrogen-bond acceptors (Lipinski definition) is 6. The normalized spacial score (nSPS) is 15.6. The molecule has 218 valence electrons. The lowest BCUT2D eigenvalue weighted by Crippen LogP contribution is -2.52. The highest BCUT2D eigenvalue weighted by molar-refractivity contribution is 6.02. The van der Waals surface area contributed by atoms with Gasteiger partial charge in [0, 0.05) is 56.1 Å². The minimum absolute atomic E-state index is 0.0424. The molecule has 0 spiro atoms. The molecule has 1 aliphatic rings. The lowest BCUT2D eigenvalue weighted by molar-refractivity contribution is -0.111. The van der Waals surface area contributed by atoms with Crippen LogP contribution in [0.15, 0.2) is 79.4 Å². The van der Waals surface area contributed by atoms with Gasteiger partial charge in [-0.2, -0.15) is 5.10 Å². The Labute approximate surface area is 241 Å². The molecule has 2 N–H and O–H groups in total. The van der Waals surface area contributed by atoms with Gasteiger partial charge in [-0.1, -0.05) is 35.9 Å². The van der Waals surface area contributed by atoms with E-state index in [0.29, 0.717) is 37.6 Å². The summed E-state index contributed by atoms with van der Waals surface area (Å²) in [6.07, 6.45) is 5.82. The van der Waals surface area contributed by atoms with Gasteiger partial charge in [0.05, 0.1) is 12.2 Å². The van der Waals surface area contributed by atoms with E-state index in [1.54, 1.807) is 18.2 Å². The Kier molecular flexibility index (Phi) is 8.69. The molecule has 4 aromatic rings. The van der Waals surface area contributed by atoms with Crippen molar-refractivity contribution in [3.8, 4) is 0 Å². The highest BCUT2D eigenvalue weighted by Crippen LogP contribution is 2.29. The number of hydrogen-bond donors (Lipinski definition) is 2. The number of nitrogens with zero attached hydrogens (tertiary/aromatic N) is 5. The van der Waals surface area contributed by atoms with Crippen LogP contribution in [0, 0.1) is 24.4 Å². The number of carbonyl (C=O) groups excluding carboxylic acids is 1. The van der Waals surface area contributed by atoms with Crippen molar-refractivity contribution in [1.29, 1.82) is 0 Å². The molecule has 5 rings (SSSR count). The maximum Gasteiger partial charge on any atom is 0.248 e. The minimum Gasteiger partial charge on any atom is -0.382 e. The number of aliphatic hydroxyl groups is 1. The zero-order chi connectivity index (χ0) is 29.7. The van der Waals surface area contributed by atoms with Gasteiger partial charge in [0.15, 0.2) is 0 Å². The van der Waals surface area contributed by atoms with Crippen molar-refractivity contribution in [2.24, 2.45) is 0 Å². The number of nitrogens with one attached hydrogen (secondary N) is 1. The van der Waals surface area contributed by atoms with Gasteiger partial charge in [0.2, 0.25) is 5.91 Å². The first-order chi connectivity index (χ1) is 20.2. The molecule has 0 saturated carbocycles. The third-order valence-electron chi connectivity index (χ3n) is 7.24. The van der Waals surface area contributed by atoms with E-state index in [2.05, 4.69) is 15.4 Å². The number of rotatable bonds is 9. The summed E-state index contributed by atoms with van der Waals surface area (Å²) in [5.41, 5.74) is 0.985. The molecule has 0 bridgehead atoms. The molecule has 3 aromatic carbocycles. The quantitative estimate of drug-likeness (QED) is 0.288. The van der Waals surface area contributed by atoms with E-state index in [-0.39, 0.29) is 24.6 Å². The summed E-state index contributed by atoms with van der Waals surface area (Å²) in [5.74, 6) is -2.43. The van der Waals surface area contributed by atoms with Crippen molar-refractivity contribution in [2.45, 2.75) is 19.1 Å². The molecule has 1 aliphatic heterocycles. The van der Waals surface area contributed by atoms with E-state index in [9.17, 15) is 18.7 Å². The highest BCUT2D eigenvalue weighted by Gasteiger charge is 2.36. The summed E-state index contributed by atoms with van der Waals surface area (Å²) in [7, 11) is 0. The first kappa shape index (κ1) is 29.0. The van der Waals surface area contributed by atoms with Crippen molar-refractivity contribution < 1.29 is 23.1 Å². The third kappa shape index (κ3) is 7.04. The maximum absolute atomic E-state index is 15.1. The Morgan fingerprint density at radius 2 is 1.74 bits per heavy atom. The molecule has 1 fully saturated rings. The van der Waals surface area contributed by atoms with Gasteiger partial charge >= 0.3 is 0 Å². The molecule has 2 heterocycles. The van der Waals surface area contributed by atoms with Crippen LogP contribution in [0.25, 0.3) is 6.08 Å². The molecule has 1 saturated heterocycles. The number of β-amino-alcohol motifs (C(OH)–C–C–N with tert-alkyl or cyclic N) is 1. The lowest BCUT2D eigenvalue weighted by Gasteiger charge is -2.40. The first-order valence-corrected chi connectivity index (χ1v) is 13.5. The highest BCUT2D eigenvalue weighted by atomic mass is 19.1. The zero-order valence-corrected chi connectivity index (χ0v) is 23.1. The van der Waals surface area contributed by atoms with E-state index in [4.69, 9.17) is 0 Å². The van der Waals surface area contributed by atoms with Crippen LogP contribution >= 0.6 is 0 Å². The second-order valence-electron chi connectivity index (χ2n) is 10.4. The molecule has 1 amide bonds. The smallest absolute Gasteiger partial charge is 0.248 e. The average molecular weight is 577 g/mol.